The third-order valence-electron chi connectivity index (χ3n) is 3.01. The molecular formula is C13H17ClN4O. The third-order valence-corrected chi connectivity index (χ3v) is 3.32. The highest BCUT2D eigenvalue weighted by Crippen LogP contribution is 2.27. The fraction of sp³-hybridized carbons (Fsp3) is 0.385. The molecule has 0 spiro atoms. The van der Waals surface area contributed by atoms with Crippen molar-refractivity contribution in [1.82, 2.24) is 14.9 Å². The van der Waals surface area contributed by atoms with Gasteiger partial charge in [0, 0.05) is 6.54 Å². The smallest absolute Gasteiger partial charge is 0.242 e. The van der Waals surface area contributed by atoms with Gasteiger partial charge in [-0.15, -0.1) is 0 Å². The number of imidazole rings is 1. The molecular weight excluding hydrogens is 264 g/mol. The van der Waals surface area contributed by atoms with Gasteiger partial charge in [0.2, 0.25) is 11.9 Å². The van der Waals surface area contributed by atoms with Crippen LogP contribution in [0, 0.1) is 0 Å². The number of nitrogen functional groups attached to an aromatic ring is 1. The number of benzene rings is 1. The number of carbonyl (C=O) groups excluding carboxylic acids is 1. The average molecular weight is 281 g/mol. The van der Waals surface area contributed by atoms with Crippen LogP contribution in [0.1, 0.15) is 26.3 Å². The number of carbonyl (C=O) groups is 1. The minimum atomic E-state index is -0.421. The summed E-state index contributed by atoms with van der Waals surface area (Å²) in [5.41, 5.74) is 7.29. The van der Waals surface area contributed by atoms with E-state index in [1.54, 1.807) is 17.6 Å². The van der Waals surface area contributed by atoms with Gasteiger partial charge >= 0.3 is 0 Å². The largest absolute Gasteiger partial charge is 0.369 e. The number of nitrogens with two attached hydrogens (primary N) is 1. The topological polar surface area (TPSA) is 72.9 Å². The molecule has 0 radical (unpaired) electrons. The lowest BCUT2D eigenvalue weighted by atomic mass is 10.2. The van der Waals surface area contributed by atoms with Gasteiger partial charge in [-0.1, -0.05) is 24.6 Å². The minimum absolute atomic E-state index is 0.0761. The zero-order chi connectivity index (χ0) is 14.0. The molecule has 0 saturated carbocycles. The third kappa shape index (κ3) is 2.51. The van der Waals surface area contributed by atoms with Crippen LogP contribution in [0.15, 0.2) is 18.2 Å². The maximum Gasteiger partial charge on any atom is 0.242 e. The molecule has 2 aromatic rings. The van der Waals surface area contributed by atoms with Crippen LogP contribution in [0.4, 0.5) is 5.95 Å². The number of fused-ring (bicyclic) bond motifs is 1. The highest BCUT2D eigenvalue weighted by molar-refractivity contribution is 6.35. The maximum absolute atomic E-state index is 12.0. The number of anilines is 1. The first-order chi connectivity index (χ1) is 9.06. The lowest BCUT2D eigenvalue weighted by Gasteiger charge is -2.15. The Morgan fingerprint density at radius 2 is 2.32 bits per heavy atom. The second kappa shape index (κ2) is 5.48. The molecule has 6 heteroatoms. The van der Waals surface area contributed by atoms with Crippen LogP contribution in [0.5, 0.6) is 0 Å². The van der Waals surface area contributed by atoms with Gasteiger partial charge < -0.3 is 11.1 Å². The summed E-state index contributed by atoms with van der Waals surface area (Å²) >= 11 is 6.08. The first kappa shape index (κ1) is 13.7. The van der Waals surface area contributed by atoms with E-state index >= 15 is 0 Å². The van der Waals surface area contributed by atoms with E-state index in [1.165, 1.54) is 0 Å². The van der Waals surface area contributed by atoms with Gasteiger partial charge in [-0.05, 0) is 25.5 Å². The fourth-order valence-corrected chi connectivity index (χ4v) is 2.23. The molecule has 0 aliphatic heterocycles. The second-order valence-electron chi connectivity index (χ2n) is 4.41. The number of nitrogens with zero attached hydrogens (tertiary/aromatic N) is 2. The molecule has 19 heavy (non-hydrogen) atoms. The van der Waals surface area contributed by atoms with Gasteiger partial charge in [0.15, 0.2) is 0 Å². The predicted molar refractivity (Wildman–Crippen MR) is 77.2 cm³/mol. The normalized spacial score (nSPS) is 12.6. The minimum Gasteiger partial charge on any atom is -0.369 e. The molecule has 0 saturated heterocycles. The summed E-state index contributed by atoms with van der Waals surface area (Å²) < 4.78 is 1.70. The van der Waals surface area contributed by atoms with E-state index in [9.17, 15) is 4.79 Å². The Morgan fingerprint density at radius 1 is 1.58 bits per heavy atom. The number of para-hydroxylation sites is 1. The van der Waals surface area contributed by atoms with E-state index in [2.05, 4.69) is 10.3 Å². The summed E-state index contributed by atoms with van der Waals surface area (Å²) in [6.07, 6.45) is 0.893. The van der Waals surface area contributed by atoms with Gasteiger partial charge in [-0.25, -0.2) is 4.98 Å². The molecule has 1 amide bonds. The monoisotopic (exact) mass is 280 g/mol. The van der Waals surface area contributed by atoms with Gasteiger partial charge in [0.25, 0.3) is 0 Å². The second-order valence-corrected chi connectivity index (χ2v) is 4.82. The van der Waals surface area contributed by atoms with Crippen molar-refractivity contribution in [1.29, 1.82) is 0 Å². The molecule has 3 N–H and O–H groups in total. The first-order valence-electron chi connectivity index (χ1n) is 6.26. The standard InChI is InChI=1S/C13H17ClN4O/c1-3-7-16-12(19)8(2)18-10-6-4-5-9(14)11(10)17-13(18)15/h4-6,8H,3,7H2,1-2H3,(H2,15,17)(H,16,19). The van der Waals surface area contributed by atoms with Crippen molar-refractivity contribution in [3.05, 3.63) is 23.2 Å². The molecule has 1 atom stereocenters. The van der Waals surface area contributed by atoms with E-state index in [-0.39, 0.29) is 5.91 Å². The zero-order valence-electron chi connectivity index (χ0n) is 11.0. The summed E-state index contributed by atoms with van der Waals surface area (Å²) in [6, 6.07) is 5.00. The molecule has 0 bridgehead atoms. The molecule has 0 fully saturated rings. The Kier molecular flexibility index (Phi) is 3.95. The summed E-state index contributed by atoms with van der Waals surface area (Å²) in [6.45, 7) is 4.45. The molecule has 0 aliphatic carbocycles. The Bertz CT molecular complexity index is 608. The number of rotatable bonds is 4. The molecule has 1 heterocycles. The number of hydrogen-bond acceptors (Lipinski definition) is 3. The Balaban J connectivity index is 2.42. The van der Waals surface area contributed by atoms with E-state index in [1.807, 2.05) is 19.1 Å². The van der Waals surface area contributed by atoms with Gasteiger partial charge in [0.05, 0.1) is 10.5 Å². The molecule has 1 aromatic carbocycles. The summed E-state index contributed by atoms with van der Waals surface area (Å²) in [7, 11) is 0. The van der Waals surface area contributed by atoms with E-state index in [4.69, 9.17) is 17.3 Å². The van der Waals surface area contributed by atoms with Crippen LogP contribution >= 0.6 is 11.6 Å². The van der Waals surface area contributed by atoms with Crippen molar-refractivity contribution in [3.8, 4) is 0 Å². The van der Waals surface area contributed by atoms with Crippen LogP contribution in [-0.4, -0.2) is 22.0 Å². The average Bonchev–Trinajstić information content (AvgIpc) is 2.73. The van der Waals surface area contributed by atoms with E-state index in [0.29, 0.717) is 23.0 Å². The van der Waals surface area contributed by atoms with Crippen LogP contribution in [0.2, 0.25) is 5.02 Å². The van der Waals surface area contributed by atoms with Crippen molar-refractivity contribution in [2.45, 2.75) is 26.3 Å². The predicted octanol–water partition coefficient (Wildman–Crippen LogP) is 2.36. The van der Waals surface area contributed by atoms with Crippen molar-refractivity contribution >= 4 is 34.5 Å². The number of hydrogen-bond donors (Lipinski definition) is 2. The van der Waals surface area contributed by atoms with Gasteiger partial charge in [0.1, 0.15) is 11.6 Å². The van der Waals surface area contributed by atoms with Crippen molar-refractivity contribution < 1.29 is 4.79 Å². The van der Waals surface area contributed by atoms with E-state index < -0.39 is 6.04 Å². The number of aromatic nitrogens is 2. The van der Waals surface area contributed by atoms with Crippen molar-refractivity contribution in [2.24, 2.45) is 0 Å². The highest BCUT2D eigenvalue weighted by Gasteiger charge is 2.20. The molecule has 2 rings (SSSR count). The van der Waals surface area contributed by atoms with Crippen LogP contribution in [-0.2, 0) is 4.79 Å². The summed E-state index contributed by atoms with van der Waals surface area (Å²) in [5, 5.41) is 3.38. The molecule has 1 unspecified atom stereocenters. The van der Waals surface area contributed by atoms with Gasteiger partial charge in [-0.2, -0.15) is 0 Å². The quantitative estimate of drug-likeness (QED) is 0.903. The number of amides is 1. The molecule has 5 nitrogen and oxygen atoms in total. The summed E-state index contributed by atoms with van der Waals surface area (Å²) in [4.78, 5) is 16.3. The fourth-order valence-electron chi connectivity index (χ4n) is 2.02. The zero-order valence-corrected chi connectivity index (χ0v) is 11.7. The Labute approximate surface area is 116 Å². The number of halogens is 1. The molecule has 0 aliphatic rings. The maximum atomic E-state index is 12.0. The molecule has 102 valence electrons. The lowest BCUT2D eigenvalue weighted by molar-refractivity contribution is -0.123. The van der Waals surface area contributed by atoms with Crippen molar-refractivity contribution in [2.75, 3.05) is 12.3 Å². The summed E-state index contributed by atoms with van der Waals surface area (Å²) in [5.74, 6) is 0.218. The van der Waals surface area contributed by atoms with Crippen LogP contribution in [0.3, 0.4) is 0 Å². The van der Waals surface area contributed by atoms with E-state index in [0.717, 1.165) is 11.9 Å². The number of nitrogens with one attached hydrogen (secondary N) is 1. The van der Waals surface area contributed by atoms with Crippen LogP contribution < -0.4 is 11.1 Å². The first-order valence-corrected chi connectivity index (χ1v) is 6.63. The SMILES string of the molecule is CCCNC(=O)C(C)n1c(N)nc2c(Cl)cccc21. The van der Waals surface area contributed by atoms with Crippen LogP contribution in [0.25, 0.3) is 11.0 Å². The molecule has 1 aromatic heterocycles. The van der Waals surface area contributed by atoms with Crippen molar-refractivity contribution in [3.63, 3.8) is 0 Å². The lowest BCUT2D eigenvalue weighted by Crippen LogP contribution is -2.31. The Morgan fingerprint density at radius 3 is 3.00 bits per heavy atom. The van der Waals surface area contributed by atoms with Gasteiger partial charge in [-0.3, -0.25) is 9.36 Å². The Hall–Kier alpha value is -1.75. The highest BCUT2D eigenvalue weighted by atomic mass is 35.5.